The molecule has 0 aliphatic heterocycles. The predicted molar refractivity (Wildman–Crippen MR) is 70.4 cm³/mol. The number of nitrogens with one attached hydrogen (secondary N) is 2. The van der Waals surface area contributed by atoms with Gasteiger partial charge < -0.3 is 0 Å². The maximum absolute atomic E-state index is 5.14. The van der Waals surface area contributed by atoms with Gasteiger partial charge in [0.15, 0.2) is 0 Å². The zero-order chi connectivity index (χ0) is 11.5. The van der Waals surface area contributed by atoms with E-state index in [1.807, 2.05) is 25.1 Å². The van der Waals surface area contributed by atoms with Gasteiger partial charge >= 0.3 is 0 Å². The molecule has 2 aromatic rings. The highest BCUT2D eigenvalue weighted by Gasteiger charge is 2.01. The smallest absolute Gasteiger partial charge is 0.213 e. The van der Waals surface area contributed by atoms with Gasteiger partial charge in [0.05, 0.1) is 0 Å². The van der Waals surface area contributed by atoms with E-state index in [0.29, 0.717) is 4.77 Å². The lowest BCUT2D eigenvalue weighted by Crippen LogP contribution is -1.95. The molecule has 16 heavy (non-hydrogen) atoms. The number of nitrogens with zero attached hydrogens (tertiary/aromatic N) is 1. The molecule has 0 fully saturated rings. The Morgan fingerprint density at radius 3 is 2.81 bits per heavy atom. The number of aromatic amines is 2. The van der Waals surface area contributed by atoms with Gasteiger partial charge in [-0.3, -0.25) is 10.2 Å². The fourth-order valence-electron chi connectivity index (χ4n) is 1.48. The molecule has 0 aliphatic carbocycles. The first-order valence-corrected chi connectivity index (χ1v) is 5.70. The first kappa shape index (κ1) is 11.2. The molecule has 2 N–H and O–H groups in total. The summed E-state index contributed by atoms with van der Waals surface area (Å²) in [6, 6.07) is 8.14. The van der Waals surface area contributed by atoms with E-state index < -0.39 is 0 Å². The van der Waals surface area contributed by atoms with Crippen molar-refractivity contribution in [2.24, 2.45) is 0 Å². The van der Waals surface area contributed by atoms with Crippen molar-refractivity contribution >= 4 is 29.3 Å². The Labute approximate surface area is 104 Å². The van der Waals surface area contributed by atoms with E-state index in [1.165, 1.54) is 5.56 Å². The van der Waals surface area contributed by atoms with E-state index in [-0.39, 0.29) is 0 Å². The molecule has 0 aliphatic rings. The van der Waals surface area contributed by atoms with Crippen LogP contribution in [0.3, 0.4) is 0 Å². The summed E-state index contributed by atoms with van der Waals surface area (Å²) in [5.74, 6) is 0.837. The molecule has 0 spiro atoms. The fraction of sp³-hybridized carbons (Fsp3) is 0.182. The zero-order valence-corrected chi connectivity index (χ0v) is 10.4. The highest BCUT2D eigenvalue weighted by atomic mass is 32.1. The molecule has 0 saturated carbocycles. The van der Waals surface area contributed by atoms with Crippen LogP contribution >= 0.6 is 24.4 Å². The molecule has 0 bridgehead atoms. The second kappa shape index (κ2) is 4.67. The van der Waals surface area contributed by atoms with Gasteiger partial charge in [-0.25, -0.2) is 4.98 Å². The van der Waals surface area contributed by atoms with Crippen LogP contribution in [-0.4, -0.2) is 20.0 Å². The number of H-pyrrole nitrogens is 2. The maximum Gasteiger partial charge on any atom is 0.213 e. The molecule has 1 aromatic heterocycles. The summed E-state index contributed by atoms with van der Waals surface area (Å²) in [4.78, 5) is 5.05. The lowest BCUT2D eigenvalue weighted by molar-refractivity contribution is 0.971. The Bertz CT molecular complexity index is 568. The molecular weight excluding hydrogens is 238 g/mol. The first-order chi connectivity index (χ1) is 7.65. The number of rotatable bonds is 3. The van der Waals surface area contributed by atoms with E-state index in [4.69, 9.17) is 24.4 Å². The second-order valence-corrected chi connectivity index (χ2v) is 4.55. The lowest BCUT2D eigenvalue weighted by atomic mass is 10.1. The van der Waals surface area contributed by atoms with Crippen molar-refractivity contribution in [1.29, 1.82) is 0 Å². The molecule has 0 radical (unpaired) electrons. The van der Waals surface area contributed by atoms with Gasteiger partial charge in [0, 0.05) is 11.3 Å². The van der Waals surface area contributed by atoms with Crippen molar-refractivity contribution in [2.75, 3.05) is 0 Å². The van der Waals surface area contributed by atoms with Crippen molar-refractivity contribution in [3.63, 3.8) is 0 Å². The fourth-order valence-corrected chi connectivity index (χ4v) is 1.77. The van der Waals surface area contributed by atoms with Gasteiger partial charge in [-0.05, 0) is 30.3 Å². The molecule has 0 unspecified atom stereocenters. The van der Waals surface area contributed by atoms with Crippen LogP contribution in [0.5, 0.6) is 0 Å². The standard InChI is InChI=1S/C11H11N3S2/c1-7(15)9-4-2-3-8(5-9)6-10-12-11(16)14-13-10/h2-5H,6H2,1H3,(H2,12,13,14,16). The second-order valence-electron chi connectivity index (χ2n) is 3.55. The third-order valence-electron chi connectivity index (χ3n) is 2.26. The summed E-state index contributed by atoms with van der Waals surface area (Å²) in [6.07, 6.45) is 0.726. The van der Waals surface area contributed by atoms with Gasteiger partial charge in [0.1, 0.15) is 5.82 Å². The van der Waals surface area contributed by atoms with E-state index in [0.717, 1.165) is 22.7 Å². The molecule has 5 heteroatoms. The number of hydrogen-bond donors (Lipinski definition) is 2. The van der Waals surface area contributed by atoms with E-state index in [2.05, 4.69) is 21.2 Å². The molecule has 0 amide bonds. The van der Waals surface area contributed by atoms with Crippen LogP contribution < -0.4 is 0 Å². The van der Waals surface area contributed by atoms with Crippen LogP contribution in [-0.2, 0) is 6.42 Å². The third-order valence-corrected chi connectivity index (χ3v) is 2.68. The van der Waals surface area contributed by atoms with Crippen LogP contribution in [0.4, 0.5) is 0 Å². The molecule has 82 valence electrons. The molecule has 3 nitrogen and oxygen atoms in total. The zero-order valence-electron chi connectivity index (χ0n) is 8.78. The molecule has 1 aromatic carbocycles. The summed E-state index contributed by atoms with van der Waals surface area (Å²) in [6.45, 7) is 1.93. The Morgan fingerprint density at radius 2 is 2.19 bits per heavy atom. The Hall–Kier alpha value is -1.33. The third kappa shape index (κ3) is 2.62. The lowest BCUT2D eigenvalue weighted by Gasteiger charge is -2.01. The summed E-state index contributed by atoms with van der Waals surface area (Å²) >= 11 is 10.0. The Kier molecular flexibility index (Phi) is 3.26. The van der Waals surface area contributed by atoms with Crippen molar-refractivity contribution < 1.29 is 0 Å². The largest absolute Gasteiger partial charge is 0.285 e. The van der Waals surface area contributed by atoms with Crippen molar-refractivity contribution in [3.8, 4) is 0 Å². The monoisotopic (exact) mass is 249 g/mol. The molecule has 2 rings (SSSR count). The first-order valence-electron chi connectivity index (χ1n) is 4.88. The van der Waals surface area contributed by atoms with Gasteiger partial charge in [0.25, 0.3) is 0 Å². The average Bonchev–Trinajstić information content (AvgIpc) is 2.64. The van der Waals surface area contributed by atoms with Gasteiger partial charge in [-0.1, -0.05) is 36.5 Å². The normalized spacial score (nSPS) is 10.3. The highest BCUT2D eigenvalue weighted by molar-refractivity contribution is 7.80. The van der Waals surface area contributed by atoms with Crippen LogP contribution in [0.15, 0.2) is 24.3 Å². The Morgan fingerprint density at radius 1 is 1.38 bits per heavy atom. The number of hydrogen-bond acceptors (Lipinski definition) is 3. The molecular formula is C11H11N3S2. The van der Waals surface area contributed by atoms with E-state index in [9.17, 15) is 0 Å². The summed E-state index contributed by atoms with van der Waals surface area (Å²) in [5.41, 5.74) is 2.25. The minimum absolute atomic E-state index is 0.483. The summed E-state index contributed by atoms with van der Waals surface area (Å²) in [7, 11) is 0. The topological polar surface area (TPSA) is 44.5 Å². The predicted octanol–water partition coefficient (Wildman–Crippen LogP) is 2.80. The van der Waals surface area contributed by atoms with Crippen LogP contribution in [0, 0.1) is 4.77 Å². The molecule has 1 heterocycles. The average molecular weight is 249 g/mol. The van der Waals surface area contributed by atoms with E-state index in [1.54, 1.807) is 0 Å². The van der Waals surface area contributed by atoms with E-state index >= 15 is 0 Å². The number of thiocarbonyl (C=S) groups is 1. The Balaban J connectivity index is 2.25. The number of benzene rings is 1. The minimum atomic E-state index is 0.483. The highest BCUT2D eigenvalue weighted by Crippen LogP contribution is 2.09. The SMILES string of the molecule is CC(=S)c1cccc(Cc2nc(=S)[nH][nH]2)c1. The maximum atomic E-state index is 5.14. The molecule has 0 saturated heterocycles. The van der Waals surface area contributed by atoms with Crippen molar-refractivity contribution in [1.82, 2.24) is 15.2 Å². The minimum Gasteiger partial charge on any atom is -0.285 e. The summed E-state index contributed by atoms with van der Waals surface area (Å²) < 4.78 is 0.483. The molecule has 0 atom stereocenters. The van der Waals surface area contributed by atoms with Gasteiger partial charge in [0.2, 0.25) is 4.77 Å². The van der Waals surface area contributed by atoms with Crippen LogP contribution in [0.1, 0.15) is 23.9 Å². The van der Waals surface area contributed by atoms with Crippen molar-refractivity contribution in [3.05, 3.63) is 46.0 Å². The summed E-state index contributed by atoms with van der Waals surface area (Å²) in [5, 5.41) is 5.71. The van der Waals surface area contributed by atoms with Crippen LogP contribution in [0.2, 0.25) is 0 Å². The van der Waals surface area contributed by atoms with Gasteiger partial charge in [-0.2, -0.15) is 0 Å². The van der Waals surface area contributed by atoms with Gasteiger partial charge in [-0.15, -0.1) is 0 Å². The quantitative estimate of drug-likeness (QED) is 0.649. The van der Waals surface area contributed by atoms with Crippen molar-refractivity contribution in [2.45, 2.75) is 13.3 Å². The number of aromatic nitrogens is 3. The van der Waals surface area contributed by atoms with Crippen LogP contribution in [0.25, 0.3) is 0 Å².